The van der Waals surface area contributed by atoms with E-state index in [1.807, 2.05) is 65.2 Å². The second-order valence-corrected chi connectivity index (χ2v) is 6.96. The van der Waals surface area contributed by atoms with Crippen molar-refractivity contribution in [2.24, 2.45) is 0 Å². The molecule has 29 heavy (non-hydrogen) atoms. The second kappa shape index (κ2) is 6.91. The van der Waals surface area contributed by atoms with E-state index >= 15 is 0 Å². The molecule has 2 atom stereocenters. The van der Waals surface area contributed by atoms with Gasteiger partial charge in [0.05, 0.1) is 17.1 Å². The predicted octanol–water partition coefficient (Wildman–Crippen LogP) is 3.38. The van der Waals surface area contributed by atoms with Gasteiger partial charge in [0, 0.05) is 5.56 Å². The van der Waals surface area contributed by atoms with Gasteiger partial charge in [0.15, 0.2) is 0 Å². The van der Waals surface area contributed by atoms with Gasteiger partial charge in [-0.2, -0.15) is 0 Å². The average Bonchev–Trinajstić information content (AvgIpc) is 3.13. The third-order valence-corrected chi connectivity index (χ3v) is 5.17. The fourth-order valence-corrected chi connectivity index (χ4v) is 3.84. The Hall–Kier alpha value is -3.93. The quantitative estimate of drug-likeness (QED) is 0.570. The van der Waals surface area contributed by atoms with Crippen LogP contribution in [0.15, 0.2) is 84.9 Å². The summed E-state index contributed by atoms with van der Waals surface area (Å²) in [4.78, 5) is 30.4. The number of anilines is 1. The van der Waals surface area contributed by atoms with Crippen molar-refractivity contribution in [3.05, 3.63) is 96.1 Å². The fraction of sp³-hybridized carbons (Fsp3) is 0.0870. The molecular weight excluding hydrogens is 364 g/mol. The maximum atomic E-state index is 13.0. The molecule has 0 saturated carbocycles. The molecule has 0 aliphatic carbocycles. The minimum Gasteiger partial charge on any atom is -0.338 e. The van der Waals surface area contributed by atoms with Crippen LogP contribution in [0.25, 0.3) is 11.0 Å². The van der Waals surface area contributed by atoms with Crippen molar-refractivity contribution < 1.29 is 9.59 Å². The number of hydrogen-bond acceptors (Lipinski definition) is 3. The molecular formula is C23H18N4O2. The summed E-state index contributed by atoms with van der Waals surface area (Å²) in [6.45, 7) is 0. The molecule has 6 nitrogen and oxygen atoms in total. The zero-order valence-corrected chi connectivity index (χ0v) is 15.4. The van der Waals surface area contributed by atoms with Crippen LogP contribution in [0.3, 0.4) is 0 Å². The van der Waals surface area contributed by atoms with Gasteiger partial charge in [-0.25, -0.2) is 4.98 Å². The minimum atomic E-state index is -0.782. The molecule has 3 aromatic carbocycles. The lowest BCUT2D eigenvalue weighted by molar-refractivity contribution is -0.119. The van der Waals surface area contributed by atoms with Gasteiger partial charge in [-0.3, -0.25) is 19.5 Å². The molecule has 0 bridgehead atoms. The van der Waals surface area contributed by atoms with Crippen molar-refractivity contribution in [1.29, 1.82) is 0 Å². The summed E-state index contributed by atoms with van der Waals surface area (Å²) in [7, 11) is 0. The van der Waals surface area contributed by atoms with Gasteiger partial charge < -0.3 is 5.32 Å². The molecule has 2 unspecified atom stereocenters. The van der Waals surface area contributed by atoms with E-state index in [9.17, 15) is 9.59 Å². The molecule has 142 valence electrons. The smallest absolute Gasteiger partial charge is 0.251 e. The normalized spacial score (nSPS) is 18.1. The molecule has 2 N–H and O–H groups in total. The van der Waals surface area contributed by atoms with Gasteiger partial charge in [0.1, 0.15) is 6.04 Å². The largest absolute Gasteiger partial charge is 0.338 e. The predicted molar refractivity (Wildman–Crippen MR) is 111 cm³/mol. The summed E-state index contributed by atoms with van der Waals surface area (Å²) in [6, 6.07) is 25.1. The number of carbonyl (C=O) groups is 2. The van der Waals surface area contributed by atoms with Gasteiger partial charge in [-0.15, -0.1) is 0 Å². The molecule has 2 amide bonds. The van der Waals surface area contributed by atoms with E-state index in [2.05, 4.69) is 15.6 Å². The van der Waals surface area contributed by atoms with Crippen LogP contribution < -0.4 is 10.6 Å². The Morgan fingerprint density at radius 2 is 1.55 bits per heavy atom. The summed E-state index contributed by atoms with van der Waals surface area (Å²) in [5.74, 6) is -0.0965. The Labute approximate surface area is 167 Å². The maximum Gasteiger partial charge on any atom is 0.251 e. The number of carbonyl (C=O) groups excluding carboxylic acids is 2. The molecule has 6 heteroatoms. The molecule has 0 spiro atoms. The highest BCUT2D eigenvalue weighted by atomic mass is 16.2. The monoisotopic (exact) mass is 382 g/mol. The van der Waals surface area contributed by atoms with Crippen LogP contribution >= 0.6 is 0 Å². The average molecular weight is 382 g/mol. The van der Waals surface area contributed by atoms with Gasteiger partial charge in [0.25, 0.3) is 11.8 Å². The van der Waals surface area contributed by atoms with Crippen molar-refractivity contribution >= 4 is 28.8 Å². The van der Waals surface area contributed by atoms with E-state index in [-0.39, 0.29) is 11.8 Å². The SMILES string of the molecule is O=C(NC1C(=O)Nc2nc3ccccc3n2C1c1ccccc1)c1ccccc1. The number of fused-ring (bicyclic) bond motifs is 3. The van der Waals surface area contributed by atoms with Crippen molar-refractivity contribution in [3.8, 4) is 0 Å². The minimum absolute atomic E-state index is 0.286. The first kappa shape index (κ1) is 17.2. The first-order valence-corrected chi connectivity index (χ1v) is 9.41. The van der Waals surface area contributed by atoms with Gasteiger partial charge >= 0.3 is 0 Å². The van der Waals surface area contributed by atoms with Crippen LogP contribution in [0, 0.1) is 0 Å². The van der Waals surface area contributed by atoms with Crippen LogP contribution in [0.1, 0.15) is 22.0 Å². The second-order valence-electron chi connectivity index (χ2n) is 6.96. The summed E-state index contributed by atoms with van der Waals surface area (Å²) in [6.07, 6.45) is 0. The standard InChI is InChI=1S/C23H18N4O2/c28-21(16-11-5-2-6-12-16)25-19-20(15-9-3-1-4-10-15)27-18-14-8-7-13-17(18)24-23(27)26-22(19)29/h1-14,19-20H,(H,25,28)(H,24,26,29). The molecule has 1 aromatic heterocycles. The Bertz CT molecular complexity index is 1200. The van der Waals surface area contributed by atoms with E-state index in [4.69, 9.17) is 0 Å². The number of amides is 2. The Morgan fingerprint density at radius 1 is 0.897 bits per heavy atom. The Balaban J connectivity index is 1.64. The van der Waals surface area contributed by atoms with E-state index < -0.39 is 12.1 Å². The highest BCUT2D eigenvalue weighted by Gasteiger charge is 2.39. The molecule has 1 aliphatic rings. The van der Waals surface area contributed by atoms with Crippen molar-refractivity contribution in [1.82, 2.24) is 14.9 Å². The Kier molecular flexibility index (Phi) is 4.09. The van der Waals surface area contributed by atoms with Gasteiger partial charge in [-0.05, 0) is 29.8 Å². The summed E-state index contributed by atoms with van der Waals surface area (Å²) in [5.41, 5.74) is 3.12. The van der Waals surface area contributed by atoms with Crippen LogP contribution in [0.5, 0.6) is 0 Å². The first-order valence-electron chi connectivity index (χ1n) is 9.41. The van der Waals surface area contributed by atoms with Crippen molar-refractivity contribution in [3.63, 3.8) is 0 Å². The number of hydrogen-bond donors (Lipinski definition) is 2. The highest BCUT2D eigenvalue weighted by molar-refractivity contribution is 6.03. The van der Waals surface area contributed by atoms with Crippen molar-refractivity contribution in [2.75, 3.05) is 5.32 Å². The summed E-state index contributed by atoms with van der Waals surface area (Å²) < 4.78 is 1.99. The van der Waals surface area contributed by atoms with E-state index in [0.29, 0.717) is 11.5 Å². The Morgan fingerprint density at radius 3 is 2.31 bits per heavy atom. The number of aromatic nitrogens is 2. The van der Waals surface area contributed by atoms with Crippen LogP contribution in [0.2, 0.25) is 0 Å². The van der Waals surface area contributed by atoms with Crippen LogP contribution in [-0.2, 0) is 4.79 Å². The molecule has 0 saturated heterocycles. The molecule has 0 radical (unpaired) electrons. The van der Waals surface area contributed by atoms with E-state index in [1.54, 1.807) is 24.3 Å². The fourth-order valence-electron chi connectivity index (χ4n) is 3.84. The number of para-hydroxylation sites is 2. The van der Waals surface area contributed by atoms with E-state index in [1.165, 1.54) is 0 Å². The lowest BCUT2D eigenvalue weighted by atomic mass is 9.96. The zero-order valence-electron chi connectivity index (χ0n) is 15.4. The molecule has 2 heterocycles. The topological polar surface area (TPSA) is 76.0 Å². The summed E-state index contributed by atoms with van der Waals surface area (Å²) >= 11 is 0. The highest BCUT2D eigenvalue weighted by Crippen LogP contribution is 2.34. The third kappa shape index (κ3) is 2.95. The van der Waals surface area contributed by atoms with Gasteiger partial charge in [-0.1, -0.05) is 60.7 Å². The van der Waals surface area contributed by atoms with Crippen LogP contribution in [0.4, 0.5) is 5.95 Å². The third-order valence-electron chi connectivity index (χ3n) is 5.17. The summed E-state index contributed by atoms with van der Waals surface area (Å²) in [5, 5.41) is 5.78. The number of benzene rings is 3. The molecule has 4 aromatic rings. The lowest BCUT2D eigenvalue weighted by Crippen LogP contribution is -2.52. The van der Waals surface area contributed by atoms with E-state index in [0.717, 1.165) is 16.6 Å². The first-order chi connectivity index (χ1) is 14.2. The number of nitrogens with zero attached hydrogens (tertiary/aromatic N) is 2. The number of nitrogens with one attached hydrogen (secondary N) is 2. The lowest BCUT2D eigenvalue weighted by Gasteiger charge is -2.34. The van der Waals surface area contributed by atoms with Crippen LogP contribution in [-0.4, -0.2) is 27.4 Å². The maximum absolute atomic E-state index is 13.0. The molecule has 0 fully saturated rings. The number of rotatable bonds is 3. The number of imidazole rings is 1. The van der Waals surface area contributed by atoms with Crippen molar-refractivity contribution in [2.45, 2.75) is 12.1 Å². The van der Waals surface area contributed by atoms with Gasteiger partial charge in [0.2, 0.25) is 5.95 Å². The molecule has 1 aliphatic heterocycles. The zero-order chi connectivity index (χ0) is 19.8. The molecule has 5 rings (SSSR count).